The van der Waals surface area contributed by atoms with Crippen molar-refractivity contribution >= 4 is 17.5 Å². The van der Waals surface area contributed by atoms with E-state index >= 15 is 0 Å². The molecule has 0 rings (SSSR count). The molecule has 0 saturated carbocycles. The number of carbonyl (C=O) groups excluding carboxylic acids is 2. The van der Waals surface area contributed by atoms with Crippen LogP contribution in [0.4, 0.5) is 0 Å². The van der Waals surface area contributed by atoms with Crippen LogP contribution in [0, 0.1) is 5.92 Å². The van der Waals surface area contributed by atoms with Gasteiger partial charge in [0, 0.05) is 12.8 Å². The molecule has 0 aromatic carbocycles. The Kier molecular flexibility index (Phi) is 29.6. The van der Waals surface area contributed by atoms with Gasteiger partial charge in [-0.3, -0.25) is 14.4 Å². The lowest BCUT2D eigenvalue weighted by atomic mass is 9.83. The van der Waals surface area contributed by atoms with E-state index in [1.165, 1.54) is 89.9 Å². The maximum atomic E-state index is 12.8. The average molecular weight is 633 g/mol. The predicted molar refractivity (Wildman–Crippen MR) is 191 cm³/mol. The van der Waals surface area contributed by atoms with Gasteiger partial charge in [0.2, 0.25) is 0 Å². The van der Waals surface area contributed by atoms with Crippen molar-refractivity contribution in [2.45, 2.75) is 199 Å². The first-order valence-electron chi connectivity index (χ1n) is 19.0. The molecule has 1 atom stereocenters. The second kappa shape index (κ2) is 30.8. The molecule has 0 aliphatic carbocycles. The maximum absolute atomic E-state index is 12.8. The summed E-state index contributed by atoms with van der Waals surface area (Å²) in [5.74, 6) is -4.17. The van der Waals surface area contributed by atoms with Crippen LogP contribution in [0.5, 0.6) is 0 Å². The molecule has 0 amide bonds. The molecule has 0 heterocycles. The number of unbranched alkanes of at least 4 members (excludes halogenated alkanes) is 22. The quantitative estimate of drug-likeness (QED) is 0.0281. The molecule has 5 N–H and O–H groups in total. The SMILES string of the molecule is CCCCCCCC/C=C\CCCCCCCC(=O)C(C(=O)O)C(N)(N)C(=O)CCCCCCC/C=C\CCCCCCCC. The van der Waals surface area contributed by atoms with Crippen molar-refractivity contribution in [3.63, 3.8) is 0 Å². The number of rotatable bonds is 34. The minimum absolute atomic E-state index is 0.0892. The summed E-state index contributed by atoms with van der Waals surface area (Å²) < 4.78 is 0. The molecule has 0 aliphatic rings. The molecule has 0 aliphatic heterocycles. The third kappa shape index (κ3) is 25.0. The first-order chi connectivity index (χ1) is 21.8. The van der Waals surface area contributed by atoms with Gasteiger partial charge < -0.3 is 16.6 Å². The predicted octanol–water partition coefficient (Wildman–Crippen LogP) is 10.5. The Morgan fingerprint density at radius 2 is 0.822 bits per heavy atom. The highest BCUT2D eigenvalue weighted by molar-refractivity contribution is 6.06. The van der Waals surface area contributed by atoms with Crippen LogP contribution in [0.3, 0.4) is 0 Å². The molecule has 6 heteroatoms. The Labute approximate surface area is 277 Å². The molecule has 1 unspecified atom stereocenters. The van der Waals surface area contributed by atoms with Gasteiger partial charge in [0.15, 0.2) is 17.5 Å². The highest BCUT2D eigenvalue weighted by Crippen LogP contribution is 2.20. The summed E-state index contributed by atoms with van der Waals surface area (Å²) in [4.78, 5) is 37.5. The van der Waals surface area contributed by atoms with E-state index in [1.54, 1.807) is 0 Å². The number of hydrogen-bond donors (Lipinski definition) is 3. The number of carboxylic acid groups (broad SMARTS) is 1. The number of allylic oxidation sites excluding steroid dienone is 4. The number of ketones is 2. The minimum atomic E-state index is -2.16. The standard InChI is InChI=1S/C39H72N2O4/c1-3-5-7-9-11-13-15-17-19-21-23-25-27-29-31-33-35(42)37(38(44)45)39(40,41)36(43)34-32-30-28-26-24-22-20-18-16-14-12-10-8-6-4-2/h17-20,37H,3-16,21-34,40-41H2,1-2H3,(H,44,45)/b19-17-,20-18-. The summed E-state index contributed by atoms with van der Waals surface area (Å²) in [5.41, 5.74) is 9.91. The fourth-order valence-corrected chi connectivity index (χ4v) is 5.86. The van der Waals surface area contributed by atoms with Gasteiger partial charge in [-0.25, -0.2) is 0 Å². The maximum Gasteiger partial charge on any atom is 0.317 e. The van der Waals surface area contributed by atoms with Crippen LogP contribution >= 0.6 is 0 Å². The molecule has 262 valence electrons. The Hall–Kier alpha value is -1.79. The first-order valence-corrected chi connectivity index (χ1v) is 19.0. The van der Waals surface area contributed by atoms with E-state index in [9.17, 15) is 19.5 Å². The van der Waals surface area contributed by atoms with Crippen LogP contribution in [0.25, 0.3) is 0 Å². The fourth-order valence-electron chi connectivity index (χ4n) is 5.86. The summed E-state index contributed by atoms with van der Waals surface area (Å²) >= 11 is 0. The number of carbonyl (C=O) groups is 3. The first kappa shape index (κ1) is 43.2. The van der Waals surface area contributed by atoms with Gasteiger partial charge in [-0.1, -0.05) is 141 Å². The number of nitrogens with two attached hydrogens (primary N) is 2. The van der Waals surface area contributed by atoms with Gasteiger partial charge in [0.05, 0.1) is 0 Å². The lowest BCUT2D eigenvalue weighted by Gasteiger charge is -2.28. The van der Waals surface area contributed by atoms with E-state index in [0.717, 1.165) is 64.2 Å². The second-order valence-corrected chi connectivity index (χ2v) is 13.3. The van der Waals surface area contributed by atoms with Gasteiger partial charge >= 0.3 is 5.97 Å². The Bertz CT molecular complexity index is 790. The summed E-state index contributed by atoms with van der Waals surface area (Å²) in [6, 6.07) is 0. The molecule has 0 radical (unpaired) electrons. The molecule has 0 fully saturated rings. The third-order valence-electron chi connectivity index (χ3n) is 8.88. The summed E-state index contributed by atoms with van der Waals surface area (Å²) in [7, 11) is 0. The zero-order chi connectivity index (χ0) is 33.4. The minimum Gasteiger partial charge on any atom is -0.481 e. The van der Waals surface area contributed by atoms with Crippen molar-refractivity contribution in [2.75, 3.05) is 0 Å². The van der Waals surface area contributed by atoms with Gasteiger partial charge in [-0.2, -0.15) is 0 Å². The van der Waals surface area contributed by atoms with Crippen LogP contribution in [0.2, 0.25) is 0 Å². The van der Waals surface area contributed by atoms with Crippen molar-refractivity contribution in [1.82, 2.24) is 0 Å². The van der Waals surface area contributed by atoms with E-state index < -0.39 is 29.1 Å². The van der Waals surface area contributed by atoms with Crippen molar-refractivity contribution in [3.05, 3.63) is 24.3 Å². The smallest absolute Gasteiger partial charge is 0.317 e. The zero-order valence-electron chi connectivity index (χ0n) is 29.5. The average Bonchev–Trinajstić information content (AvgIpc) is 3.00. The van der Waals surface area contributed by atoms with Gasteiger partial charge in [0.1, 0.15) is 5.66 Å². The molecule has 6 nitrogen and oxygen atoms in total. The summed E-state index contributed by atoms with van der Waals surface area (Å²) in [6.07, 6.45) is 39.2. The number of hydrogen-bond acceptors (Lipinski definition) is 5. The van der Waals surface area contributed by atoms with E-state index in [2.05, 4.69) is 38.2 Å². The zero-order valence-corrected chi connectivity index (χ0v) is 29.5. The Balaban J connectivity index is 4.03. The highest BCUT2D eigenvalue weighted by Gasteiger charge is 2.46. The fraction of sp³-hybridized carbons (Fsp3) is 0.821. The van der Waals surface area contributed by atoms with Crippen LogP contribution < -0.4 is 11.5 Å². The number of Topliss-reactive ketones (excluding diaryl/α,β-unsaturated/α-hetero) is 2. The Morgan fingerprint density at radius 3 is 1.18 bits per heavy atom. The van der Waals surface area contributed by atoms with Gasteiger partial charge in [-0.15, -0.1) is 0 Å². The lowest BCUT2D eigenvalue weighted by Crippen LogP contribution is -2.65. The molecule has 0 aromatic rings. The second-order valence-electron chi connectivity index (χ2n) is 13.3. The lowest BCUT2D eigenvalue weighted by molar-refractivity contribution is -0.152. The van der Waals surface area contributed by atoms with E-state index in [0.29, 0.717) is 12.8 Å². The van der Waals surface area contributed by atoms with E-state index in [4.69, 9.17) is 11.5 Å². The van der Waals surface area contributed by atoms with Gasteiger partial charge in [0.25, 0.3) is 0 Å². The largest absolute Gasteiger partial charge is 0.481 e. The summed E-state index contributed by atoms with van der Waals surface area (Å²) in [6.45, 7) is 4.49. The van der Waals surface area contributed by atoms with Crippen molar-refractivity contribution in [3.8, 4) is 0 Å². The highest BCUT2D eigenvalue weighted by atomic mass is 16.4. The van der Waals surface area contributed by atoms with Crippen molar-refractivity contribution in [2.24, 2.45) is 17.4 Å². The molecular formula is C39H72N2O4. The van der Waals surface area contributed by atoms with Crippen molar-refractivity contribution in [1.29, 1.82) is 0 Å². The van der Waals surface area contributed by atoms with Crippen LogP contribution in [-0.2, 0) is 14.4 Å². The van der Waals surface area contributed by atoms with Crippen LogP contribution in [0.1, 0.15) is 194 Å². The molecule has 45 heavy (non-hydrogen) atoms. The molecule has 0 saturated heterocycles. The Morgan fingerprint density at radius 1 is 0.511 bits per heavy atom. The third-order valence-corrected chi connectivity index (χ3v) is 8.88. The van der Waals surface area contributed by atoms with E-state index in [1.807, 2.05) is 0 Å². The van der Waals surface area contributed by atoms with Crippen LogP contribution in [0.15, 0.2) is 24.3 Å². The molecular weight excluding hydrogens is 560 g/mol. The van der Waals surface area contributed by atoms with Crippen molar-refractivity contribution < 1.29 is 19.5 Å². The van der Waals surface area contributed by atoms with Gasteiger partial charge in [-0.05, 0) is 64.2 Å². The number of aliphatic carboxylic acids is 1. The normalized spacial score (nSPS) is 12.8. The summed E-state index contributed by atoms with van der Waals surface area (Å²) in [5, 5.41) is 9.71. The molecule has 0 bridgehead atoms. The molecule has 0 aromatic heterocycles. The number of carboxylic acids is 1. The van der Waals surface area contributed by atoms with E-state index in [-0.39, 0.29) is 12.8 Å². The van der Waals surface area contributed by atoms with Crippen LogP contribution in [-0.4, -0.2) is 28.3 Å². The monoisotopic (exact) mass is 633 g/mol. The topological polar surface area (TPSA) is 123 Å². The molecule has 0 spiro atoms.